The Labute approximate surface area is 112 Å². The lowest BCUT2D eigenvalue weighted by Gasteiger charge is -2.28. The molecule has 1 aromatic carbocycles. The Morgan fingerprint density at radius 1 is 1.44 bits per heavy atom. The van der Waals surface area contributed by atoms with Crippen LogP contribution in [0.15, 0.2) is 17.0 Å². The van der Waals surface area contributed by atoms with Crippen molar-refractivity contribution in [1.82, 2.24) is 5.32 Å². The first-order valence-electron chi connectivity index (χ1n) is 6.15. The molecule has 0 unspecified atom stereocenters. The van der Waals surface area contributed by atoms with Crippen LogP contribution in [0.5, 0.6) is 5.75 Å². The van der Waals surface area contributed by atoms with Crippen molar-refractivity contribution < 1.29 is 9.53 Å². The summed E-state index contributed by atoms with van der Waals surface area (Å²) in [7, 11) is 1.70. The third-order valence-electron chi connectivity index (χ3n) is 3.39. The molecule has 1 atom stereocenters. The van der Waals surface area contributed by atoms with E-state index >= 15 is 0 Å². The van der Waals surface area contributed by atoms with Gasteiger partial charge in [-0.15, -0.1) is 11.8 Å². The van der Waals surface area contributed by atoms with Crippen LogP contribution in [-0.4, -0.2) is 25.3 Å². The first-order valence-corrected chi connectivity index (χ1v) is 7.38. The van der Waals surface area contributed by atoms with Gasteiger partial charge in [0.1, 0.15) is 5.75 Å². The molecule has 1 N–H and O–H groups in total. The topological polar surface area (TPSA) is 38.3 Å². The molecule has 2 rings (SSSR count). The number of hydrogen-bond donors (Lipinski definition) is 1. The fraction of sp³-hybridized carbons (Fsp3) is 0.500. The normalized spacial score (nSPS) is 18.1. The molecule has 3 nitrogen and oxygen atoms in total. The van der Waals surface area contributed by atoms with Crippen molar-refractivity contribution in [3.63, 3.8) is 0 Å². The van der Waals surface area contributed by atoms with Crippen molar-refractivity contribution >= 4 is 17.7 Å². The number of nitrogens with one attached hydrogen (secondary N) is 1. The van der Waals surface area contributed by atoms with E-state index in [4.69, 9.17) is 4.74 Å². The number of ether oxygens (including phenoxy) is 1. The van der Waals surface area contributed by atoms with Crippen molar-refractivity contribution in [2.45, 2.75) is 37.1 Å². The molecule has 0 fully saturated rings. The number of thioether (sulfide) groups is 1. The smallest absolute Gasteiger partial charge is 0.217 e. The molecule has 0 saturated carbocycles. The Hall–Kier alpha value is -1.16. The molecule has 1 aliphatic carbocycles. The van der Waals surface area contributed by atoms with Crippen LogP contribution in [0.3, 0.4) is 0 Å². The summed E-state index contributed by atoms with van der Waals surface area (Å²) in [5.74, 6) is 0.987. The number of rotatable bonds is 3. The molecule has 1 amide bonds. The molecule has 0 aromatic heterocycles. The van der Waals surface area contributed by atoms with Crippen LogP contribution in [0.4, 0.5) is 0 Å². The summed E-state index contributed by atoms with van der Waals surface area (Å²) in [5, 5.41) is 3.01. The van der Waals surface area contributed by atoms with E-state index in [1.54, 1.807) is 25.8 Å². The average molecular weight is 265 g/mol. The van der Waals surface area contributed by atoms with Crippen LogP contribution in [0.1, 0.15) is 24.5 Å². The monoisotopic (exact) mass is 265 g/mol. The zero-order valence-electron chi connectivity index (χ0n) is 11.1. The predicted molar refractivity (Wildman–Crippen MR) is 74.4 cm³/mol. The lowest BCUT2D eigenvalue weighted by molar-refractivity contribution is -0.119. The van der Waals surface area contributed by atoms with Crippen LogP contribution in [0.25, 0.3) is 0 Å². The van der Waals surface area contributed by atoms with E-state index in [0.717, 1.165) is 25.0 Å². The molecule has 0 saturated heterocycles. The number of carbonyl (C=O) groups is 1. The SMILES string of the molecule is COc1ccc(SC)c2c1C[C@H](NC(C)=O)CC2. The lowest BCUT2D eigenvalue weighted by Crippen LogP contribution is -2.37. The number of methoxy groups -OCH3 is 1. The maximum atomic E-state index is 11.2. The zero-order chi connectivity index (χ0) is 13.1. The summed E-state index contributed by atoms with van der Waals surface area (Å²) in [5.41, 5.74) is 2.65. The van der Waals surface area contributed by atoms with Gasteiger partial charge in [0.25, 0.3) is 0 Å². The van der Waals surface area contributed by atoms with Gasteiger partial charge in [0, 0.05) is 23.4 Å². The molecule has 0 spiro atoms. The van der Waals surface area contributed by atoms with Gasteiger partial charge in [-0.25, -0.2) is 0 Å². The van der Waals surface area contributed by atoms with E-state index in [9.17, 15) is 4.79 Å². The quantitative estimate of drug-likeness (QED) is 0.853. The molecular formula is C14H19NO2S. The molecule has 0 bridgehead atoms. The van der Waals surface area contributed by atoms with Gasteiger partial charge in [0.15, 0.2) is 0 Å². The van der Waals surface area contributed by atoms with Gasteiger partial charge in [0.2, 0.25) is 5.91 Å². The second kappa shape index (κ2) is 5.65. The third-order valence-corrected chi connectivity index (χ3v) is 4.21. The van der Waals surface area contributed by atoms with Crippen molar-refractivity contribution in [1.29, 1.82) is 0 Å². The zero-order valence-corrected chi connectivity index (χ0v) is 11.9. The lowest BCUT2D eigenvalue weighted by atomic mass is 9.87. The molecule has 18 heavy (non-hydrogen) atoms. The van der Waals surface area contributed by atoms with Crippen molar-refractivity contribution in [3.05, 3.63) is 23.3 Å². The summed E-state index contributed by atoms with van der Waals surface area (Å²) in [6, 6.07) is 4.39. The summed E-state index contributed by atoms with van der Waals surface area (Å²) in [4.78, 5) is 12.5. The van der Waals surface area contributed by atoms with Crippen LogP contribution in [-0.2, 0) is 17.6 Å². The minimum Gasteiger partial charge on any atom is -0.496 e. The minimum atomic E-state index is 0.0448. The largest absolute Gasteiger partial charge is 0.496 e. The summed E-state index contributed by atoms with van der Waals surface area (Å²) in [6.45, 7) is 1.57. The summed E-state index contributed by atoms with van der Waals surface area (Å²) in [6.07, 6.45) is 4.98. The minimum absolute atomic E-state index is 0.0448. The molecule has 1 aliphatic rings. The molecule has 0 heterocycles. The standard InChI is InChI=1S/C14H19NO2S/c1-9(16)15-10-4-5-11-12(8-10)13(17-2)6-7-14(11)18-3/h6-7,10H,4-5,8H2,1-3H3,(H,15,16)/t10-/m1/s1. The average Bonchev–Trinajstić information content (AvgIpc) is 2.36. The third kappa shape index (κ3) is 2.64. The maximum absolute atomic E-state index is 11.2. The highest BCUT2D eigenvalue weighted by Gasteiger charge is 2.24. The molecule has 0 aliphatic heterocycles. The van der Waals surface area contributed by atoms with Crippen LogP contribution < -0.4 is 10.1 Å². The number of carbonyl (C=O) groups excluding carboxylic acids is 1. The first-order chi connectivity index (χ1) is 8.65. The van der Waals surface area contributed by atoms with Gasteiger partial charge in [-0.2, -0.15) is 0 Å². The van der Waals surface area contributed by atoms with Gasteiger partial charge < -0.3 is 10.1 Å². The van der Waals surface area contributed by atoms with Gasteiger partial charge in [-0.05, 0) is 43.2 Å². The molecular weight excluding hydrogens is 246 g/mol. The first kappa shape index (κ1) is 13.3. The Bertz CT molecular complexity index is 459. The Morgan fingerprint density at radius 3 is 2.83 bits per heavy atom. The fourth-order valence-electron chi connectivity index (χ4n) is 2.61. The van der Waals surface area contributed by atoms with Crippen molar-refractivity contribution in [3.8, 4) is 5.75 Å². The van der Waals surface area contributed by atoms with E-state index in [-0.39, 0.29) is 11.9 Å². The summed E-state index contributed by atoms with van der Waals surface area (Å²) < 4.78 is 5.44. The number of amides is 1. The summed E-state index contributed by atoms with van der Waals surface area (Å²) >= 11 is 1.77. The van der Waals surface area contributed by atoms with E-state index in [2.05, 4.69) is 17.6 Å². The van der Waals surface area contributed by atoms with Crippen molar-refractivity contribution in [2.24, 2.45) is 0 Å². The molecule has 1 aromatic rings. The number of fused-ring (bicyclic) bond motifs is 1. The molecule has 98 valence electrons. The highest BCUT2D eigenvalue weighted by Crippen LogP contribution is 2.35. The highest BCUT2D eigenvalue weighted by atomic mass is 32.2. The van der Waals surface area contributed by atoms with Crippen LogP contribution in [0.2, 0.25) is 0 Å². The second-order valence-electron chi connectivity index (χ2n) is 4.57. The maximum Gasteiger partial charge on any atom is 0.217 e. The molecule has 4 heteroatoms. The van der Waals surface area contributed by atoms with E-state index in [1.807, 2.05) is 6.07 Å². The van der Waals surface area contributed by atoms with Crippen LogP contribution >= 0.6 is 11.8 Å². The second-order valence-corrected chi connectivity index (χ2v) is 5.42. The Morgan fingerprint density at radius 2 is 2.22 bits per heavy atom. The van der Waals surface area contributed by atoms with Gasteiger partial charge in [-0.1, -0.05) is 0 Å². The van der Waals surface area contributed by atoms with E-state index < -0.39 is 0 Å². The Balaban J connectivity index is 2.31. The Kier molecular flexibility index (Phi) is 4.17. The van der Waals surface area contributed by atoms with Gasteiger partial charge in [-0.3, -0.25) is 4.79 Å². The fourth-order valence-corrected chi connectivity index (χ4v) is 3.28. The van der Waals surface area contributed by atoms with Crippen LogP contribution in [0, 0.1) is 0 Å². The molecule has 0 radical (unpaired) electrons. The van der Waals surface area contributed by atoms with Gasteiger partial charge >= 0.3 is 0 Å². The highest BCUT2D eigenvalue weighted by molar-refractivity contribution is 7.98. The van der Waals surface area contributed by atoms with E-state index in [1.165, 1.54) is 16.0 Å². The van der Waals surface area contributed by atoms with Gasteiger partial charge in [0.05, 0.1) is 7.11 Å². The number of hydrogen-bond acceptors (Lipinski definition) is 3. The van der Waals surface area contributed by atoms with E-state index in [0.29, 0.717) is 0 Å². The van der Waals surface area contributed by atoms with Crippen molar-refractivity contribution in [2.75, 3.05) is 13.4 Å². The number of benzene rings is 1. The predicted octanol–water partition coefficient (Wildman–Crippen LogP) is 2.41.